The lowest BCUT2D eigenvalue weighted by Crippen LogP contribution is -2.44. The van der Waals surface area contributed by atoms with Crippen molar-refractivity contribution in [2.45, 2.75) is 25.3 Å². The van der Waals surface area contributed by atoms with E-state index in [0.29, 0.717) is 0 Å². The van der Waals surface area contributed by atoms with Crippen molar-refractivity contribution in [3.8, 4) is 11.1 Å². The van der Waals surface area contributed by atoms with Crippen LogP contribution in [0.2, 0.25) is 0 Å². The number of hydrogen-bond acceptors (Lipinski definition) is 3. The first-order valence-corrected chi connectivity index (χ1v) is 10.3. The summed E-state index contributed by atoms with van der Waals surface area (Å²) in [5.41, 5.74) is 6.45. The maximum absolute atomic E-state index is 12.8. The van der Waals surface area contributed by atoms with Gasteiger partial charge in [-0.1, -0.05) is 78.4 Å². The summed E-state index contributed by atoms with van der Waals surface area (Å²) in [5, 5.41) is 9.71. The summed E-state index contributed by atoms with van der Waals surface area (Å²) < 4.78 is 5.62. The summed E-state index contributed by atoms with van der Waals surface area (Å²) in [5.74, 6) is -1.12. The molecule has 5 heteroatoms. The van der Waals surface area contributed by atoms with Gasteiger partial charge in [0.05, 0.1) is 0 Å². The fourth-order valence-corrected chi connectivity index (χ4v) is 4.28. The fraction of sp³-hybridized carbons (Fsp3) is 0.231. The molecule has 1 aliphatic rings. The summed E-state index contributed by atoms with van der Waals surface area (Å²) in [6.07, 6.45) is -0.417. The number of aliphatic carboxylic acids is 1. The average Bonchev–Trinajstić information content (AvgIpc) is 3.09. The summed E-state index contributed by atoms with van der Waals surface area (Å²) in [6.45, 7) is 2.11. The maximum Gasteiger partial charge on any atom is 0.410 e. The average molecular weight is 415 g/mol. The third-order valence-corrected chi connectivity index (χ3v) is 5.89. The molecule has 0 aliphatic heterocycles. The first-order chi connectivity index (χ1) is 15.0. The van der Waals surface area contributed by atoms with Crippen LogP contribution in [0.4, 0.5) is 4.79 Å². The molecule has 1 atom stereocenters. The number of benzene rings is 3. The molecule has 0 bridgehead atoms. The number of carboxylic acids is 1. The third kappa shape index (κ3) is 4.17. The van der Waals surface area contributed by atoms with E-state index >= 15 is 0 Å². The highest BCUT2D eigenvalue weighted by Crippen LogP contribution is 2.44. The van der Waals surface area contributed by atoms with Crippen molar-refractivity contribution in [1.82, 2.24) is 4.90 Å². The molecule has 0 heterocycles. The van der Waals surface area contributed by atoms with Crippen molar-refractivity contribution in [3.63, 3.8) is 0 Å². The van der Waals surface area contributed by atoms with Gasteiger partial charge in [0.1, 0.15) is 12.6 Å². The Morgan fingerprint density at radius 2 is 1.58 bits per heavy atom. The van der Waals surface area contributed by atoms with E-state index in [4.69, 9.17) is 4.74 Å². The largest absolute Gasteiger partial charge is 0.480 e. The third-order valence-electron chi connectivity index (χ3n) is 5.89. The molecule has 158 valence electrons. The van der Waals surface area contributed by atoms with Crippen LogP contribution in [0.1, 0.15) is 28.2 Å². The number of hydrogen-bond donors (Lipinski definition) is 1. The van der Waals surface area contributed by atoms with E-state index in [1.807, 2.05) is 55.5 Å². The van der Waals surface area contributed by atoms with Gasteiger partial charge in [0, 0.05) is 19.4 Å². The van der Waals surface area contributed by atoms with Gasteiger partial charge in [-0.2, -0.15) is 0 Å². The van der Waals surface area contributed by atoms with Crippen LogP contribution in [-0.4, -0.2) is 41.8 Å². The zero-order chi connectivity index (χ0) is 22.0. The number of carboxylic acid groups (broad SMARTS) is 1. The van der Waals surface area contributed by atoms with Crippen LogP contribution >= 0.6 is 0 Å². The Morgan fingerprint density at radius 3 is 2.16 bits per heavy atom. The minimum atomic E-state index is -1.06. The van der Waals surface area contributed by atoms with Crippen LogP contribution in [0.3, 0.4) is 0 Å². The first-order valence-electron chi connectivity index (χ1n) is 10.3. The van der Waals surface area contributed by atoms with E-state index < -0.39 is 18.1 Å². The summed E-state index contributed by atoms with van der Waals surface area (Å²) in [4.78, 5) is 25.8. The van der Waals surface area contributed by atoms with E-state index in [-0.39, 0.29) is 18.9 Å². The molecule has 1 amide bonds. The van der Waals surface area contributed by atoms with Crippen LogP contribution in [0.25, 0.3) is 11.1 Å². The van der Waals surface area contributed by atoms with Crippen LogP contribution in [0.5, 0.6) is 0 Å². The van der Waals surface area contributed by atoms with E-state index in [0.717, 1.165) is 33.4 Å². The number of amides is 1. The topological polar surface area (TPSA) is 66.8 Å². The molecule has 0 radical (unpaired) electrons. The maximum atomic E-state index is 12.8. The van der Waals surface area contributed by atoms with Crippen molar-refractivity contribution in [3.05, 3.63) is 95.1 Å². The number of fused-ring (bicyclic) bond motifs is 3. The minimum absolute atomic E-state index is 0.0650. The highest BCUT2D eigenvalue weighted by atomic mass is 16.6. The SMILES string of the molecule is Cc1cccc(C[C@@H](C(=O)O)N(C)C(=O)OCC2c3ccccc3-c3ccccc32)c1. The monoisotopic (exact) mass is 415 g/mol. The molecule has 0 aromatic heterocycles. The smallest absolute Gasteiger partial charge is 0.410 e. The van der Waals surface area contributed by atoms with Gasteiger partial charge in [0.15, 0.2) is 0 Å². The number of aryl methyl sites for hydroxylation is 1. The molecule has 0 spiro atoms. The summed E-state index contributed by atoms with van der Waals surface area (Å²) in [7, 11) is 1.48. The Balaban J connectivity index is 1.48. The van der Waals surface area contributed by atoms with Gasteiger partial charge in [-0.05, 0) is 34.7 Å². The first kappa shape index (κ1) is 20.7. The van der Waals surface area contributed by atoms with Gasteiger partial charge >= 0.3 is 12.1 Å². The lowest BCUT2D eigenvalue weighted by atomic mass is 9.98. The van der Waals surface area contributed by atoms with Crippen molar-refractivity contribution in [2.75, 3.05) is 13.7 Å². The summed E-state index contributed by atoms with van der Waals surface area (Å²) in [6, 6.07) is 22.8. The second-order valence-electron chi connectivity index (χ2n) is 7.96. The van der Waals surface area contributed by atoms with Gasteiger partial charge in [-0.3, -0.25) is 4.90 Å². The molecule has 1 N–H and O–H groups in total. The van der Waals surface area contributed by atoms with Gasteiger partial charge in [0.2, 0.25) is 0 Å². The molecule has 0 unspecified atom stereocenters. The molecule has 0 saturated carbocycles. The Kier molecular flexibility index (Phi) is 5.76. The van der Waals surface area contributed by atoms with Crippen molar-refractivity contribution >= 4 is 12.1 Å². The zero-order valence-corrected chi connectivity index (χ0v) is 17.6. The number of nitrogens with zero attached hydrogens (tertiary/aromatic N) is 1. The van der Waals surface area contributed by atoms with E-state index in [2.05, 4.69) is 24.3 Å². The number of likely N-dealkylation sites (N-methyl/N-ethyl adjacent to an activating group) is 1. The molecule has 1 aliphatic carbocycles. The van der Waals surface area contributed by atoms with Gasteiger partial charge in [0.25, 0.3) is 0 Å². The minimum Gasteiger partial charge on any atom is -0.480 e. The molecule has 3 aromatic rings. The highest BCUT2D eigenvalue weighted by molar-refractivity contribution is 5.81. The molecular formula is C26H25NO4. The number of carbonyl (C=O) groups is 2. The fourth-order valence-electron chi connectivity index (χ4n) is 4.28. The molecule has 4 rings (SSSR count). The van der Waals surface area contributed by atoms with Crippen LogP contribution in [0.15, 0.2) is 72.8 Å². The normalized spacial score (nSPS) is 13.2. The molecule has 0 saturated heterocycles. The molecule has 5 nitrogen and oxygen atoms in total. The molecule has 0 fully saturated rings. The number of ether oxygens (including phenoxy) is 1. The molecule has 31 heavy (non-hydrogen) atoms. The predicted octanol–water partition coefficient (Wildman–Crippen LogP) is 4.87. The second kappa shape index (κ2) is 8.64. The quantitative estimate of drug-likeness (QED) is 0.624. The lowest BCUT2D eigenvalue weighted by molar-refractivity contribution is -0.142. The standard InChI is InChI=1S/C26H25NO4/c1-17-8-7-9-18(14-17)15-24(25(28)29)27(2)26(30)31-16-23-21-12-5-3-10-19(21)20-11-4-6-13-22(20)23/h3-14,23-24H,15-16H2,1-2H3,(H,28,29)/t24-/m0/s1. The van der Waals surface area contributed by atoms with Crippen LogP contribution in [0, 0.1) is 6.92 Å². The lowest BCUT2D eigenvalue weighted by Gasteiger charge is -2.25. The Hall–Kier alpha value is -3.60. The zero-order valence-electron chi connectivity index (χ0n) is 17.6. The van der Waals surface area contributed by atoms with E-state index in [9.17, 15) is 14.7 Å². The van der Waals surface area contributed by atoms with Crippen molar-refractivity contribution < 1.29 is 19.4 Å². The predicted molar refractivity (Wildman–Crippen MR) is 119 cm³/mol. The highest BCUT2D eigenvalue weighted by Gasteiger charge is 2.32. The molecular weight excluding hydrogens is 390 g/mol. The van der Waals surface area contributed by atoms with Crippen LogP contribution in [-0.2, 0) is 16.0 Å². The van der Waals surface area contributed by atoms with Crippen molar-refractivity contribution in [2.24, 2.45) is 0 Å². The Morgan fingerprint density at radius 1 is 0.968 bits per heavy atom. The van der Waals surface area contributed by atoms with Gasteiger partial charge < -0.3 is 9.84 Å². The van der Waals surface area contributed by atoms with Crippen LogP contribution < -0.4 is 0 Å². The van der Waals surface area contributed by atoms with Gasteiger partial charge in [-0.25, -0.2) is 9.59 Å². The second-order valence-corrected chi connectivity index (χ2v) is 7.96. The van der Waals surface area contributed by atoms with E-state index in [1.165, 1.54) is 11.9 Å². The Labute approximate surface area is 181 Å². The van der Waals surface area contributed by atoms with Gasteiger partial charge in [-0.15, -0.1) is 0 Å². The molecule has 3 aromatic carbocycles. The number of rotatable bonds is 6. The van der Waals surface area contributed by atoms with Crippen molar-refractivity contribution in [1.29, 1.82) is 0 Å². The number of carbonyl (C=O) groups excluding carboxylic acids is 1. The summed E-state index contributed by atoms with van der Waals surface area (Å²) >= 11 is 0. The Bertz CT molecular complexity index is 1080. The van der Waals surface area contributed by atoms with E-state index in [1.54, 1.807) is 0 Å².